The molecule has 0 spiro atoms. The van der Waals surface area contributed by atoms with Crippen molar-refractivity contribution in [2.75, 3.05) is 24.5 Å². The van der Waals surface area contributed by atoms with Crippen molar-refractivity contribution >= 4 is 11.6 Å². The molecule has 92 valence electrons. The van der Waals surface area contributed by atoms with E-state index in [1.165, 1.54) is 12.4 Å². The second-order valence-corrected chi connectivity index (χ2v) is 4.73. The molecule has 2 rings (SSSR count). The highest BCUT2D eigenvalue weighted by atomic mass is 16.6. The third kappa shape index (κ3) is 2.68. The number of hydrogen-bond acceptors (Lipinski definition) is 6. The van der Waals surface area contributed by atoms with Crippen LogP contribution in [-0.4, -0.2) is 40.1 Å². The van der Waals surface area contributed by atoms with E-state index in [9.17, 15) is 10.1 Å². The Bertz CT molecular complexity index is 417. The van der Waals surface area contributed by atoms with Gasteiger partial charge in [-0.05, 0) is 13.8 Å². The molecule has 1 N–H and O–H groups in total. The van der Waals surface area contributed by atoms with E-state index in [4.69, 9.17) is 0 Å². The van der Waals surface area contributed by atoms with Crippen molar-refractivity contribution in [1.82, 2.24) is 15.3 Å². The summed E-state index contributed by atoms with van der Waals surface area (Å²) < 4.78 is 0. The standard InChI is InChI=1S/C10H15N5O2/c1-10(2)7-14(4-3-13-10)9-11-5-8(6-12-9)15(16)17/h5-6,13H,3-4,7H2,1-2H3. The fraction of sp³-hybridized carbons (Fsp3) is 0.600. The van der Waals surface area contributed by atoms with E-state index in [1.54, 1.807) is 0 Å². The number of nitrogens with one attached hydrogen (secondary N) is 1. The highest BCUT2D eigenvalue weighted by molar-refractivity contribution is 5.35. The summed E-state index contributed by atoms with van der Waals surface area (Å²) in [4.78, 5) is 20.1. The molecule has 0 bridgehead atoms. The van der Waals surface area contributed by atoms with Crippen LogP contribution in [0.3, 0.4) is 0 Å². The van der Waals surface area contributed by atoms with Gasteiger partial charge in [0.05, 0.1) is 4.92 Å². The maximum absolute atomic E-state index is 10.5. The van der Waals surface area contributed by atoms with E-state index in [2.05, 4.69) is 29.1 Å². The topological polar surface area (TPSA) is 84.2 Å². The lowest BCUT2D eigenvalue weighted by atomic mass is 10.0. The zero-order chi connectivity index (χ0) is 12.5. The van der Waals surface area contributed by atoms with Gasteiger partial charge >= 0.3 is 5.69 Å². The molecule has 0 aromatic carbocycles. The van der Waals surface area contributed by atoms with Crippen molar-refractivity contribution < 1.29 is 4.92 Å². The Kier molecular flexibility index (Phi) is 2.93. The molecule has 0 amide bonds. The first-order valence-electron chi connectivity index (χ1n) is 5.44. The van der Waals surface area contributed by atoms with E-state index in [-0.39, 0.29) is 11.2 Å². The number of hydrogen-bond donors (Lipinski definition) is 1. The largest absolute Gasteiger partial charge is 0.338 e. The van der Waals surface area contributed by atoms with Gasteiger partial charge in [-0.1, -0.05) is 0 Å². The maximum Gasteiger partial charge on any atom is 0.305 e. The fourth-order valence-corrected chi connectivity index (χ4v) is 1.88. The summed E-state index contributed by atoms with van der Waals surface area (Å²) in [5.74, 6) is 0.546. The minimum atomic E-state index is -0.495. The third-order valence-corrected chi connectivity index (χ3v) is 2.69. The predicted molar refractivity (Wildman–Crippen MR) is 63.0 cm³/mol. The molecule has 0 radical (unpaired) electrons. The lowest BCUT2D eigenvalue weighted by molar-refractivity contribution is -0.385. The summed E-state index contributed by atoms with van der Waals surface area (Å²) in [7, 11) is 0. The van der Waals surface area contributed by atoms with Crippen molar-refractivity contribution in [1.29, 1.82) is 0 Å². The summed E-state index contributed by atoms with van der Waals surface area (Å²) in [5.41, 5.74) is -0.0771. The van der Waals surface area contributed by atoms with Crippen molar-refractivity contribution in [3.05, 3.63) is 22.5 Å². The van der Waals surface area contributed by atoms with Crippen LogP contribution in [0, 0.1) is 10.1 Å². The van der Waals surface area contributed by atoms with Crippen molar-refractivity contribution in [2.24, 2.45) is 0 Å². The van der Waals surface area contributed by atoms with Crippen molar-refractivity contribution in [3.8, 4) is 0 Å². The molecule has 0 unspecified atom stereocenters. The van der Waals surface area contributed by atoms with Crippen LogP contribution in [0.4, 0.5) is 11.6 Å². The van der Waals surface area contributed by atoms with Crippen LogP contribution in [0.25, 0.3) is 0 Å². The van der Waals surface area contributed by atoms with E-state index in [0.29, 0.717) is 5.95 Å². The van der Waals surface area contributed by atoms with Crippen LogP contribution >= 0.6 is 0 Å². The number of nitro groups is 1. The minimum absolute atomic E-state index is 0.00336. The number of rotatable bonds is 2. The second-order valence-electron chi connectivity index (χ2n) is 4.73. The molecule has 7 nitrogen and oxygen atoms in total. The summed E-state index contributed by atoms with van der Waals surface area (Å²) in [6, 6.07) is 0. The number of nitrogens with zero attached hydrogens (tertiary/aromatic N) is 4. The van der Waals surface area contributed by atoms with Gasteiger partial charge in [0.2, 0.25) is 5.95 Å². The molecule has 1 saturated heterocycles. The molecule has 2 heterocycles. The summed E-state index contributed by atoms with van der Waals surface area (Å²) in [6.45, 7) is 6.65. The molecule has 7 heteroatoms. The van der Waals surface area contributed by atoms with Gasteiger partial charge in [0.15, 0.2) is 0 Å². The normalized spacial score (nSPS) is 19.1. The van der Waals surface area contributed by atoms with Gasteiger partial charge in [-0.25, -0.2) is 9.97 Å². The Morgan fingerprint density at radius 2 is 2.12 bits per heavy atom. The predicted octanol–water partition coefficient (Wildman–Crippen LogP) is 0.573. The monoisotopic (exact) mass is 237 g/mol. The highest BCUT2D eigenvalue weighted by Gasteiger charge is 2.27. The summed E-state index contributed by atoms with van der Waals surface area (Å²) in [5, 5.41) is 13.9. The highest BCUT2D eigenvalue weighted by Crippen LogP contribution is 2.17. The van der Waals surface area contributed by atoms with Crippen LogP contribution in [0.2, 0.25) is 0 Å². The van der Waals surface area contributed by atoms with E-state index in [1.807, 2.05) is 4.90 Å². The molecule has 1 aliphatic rings. The number of aromatic nitrogens is 2. The smallest absolute Gasteiger partial charge is 0.305 e. The first-order valence-corrected chi connectivity index (χ1v) is 5.44. The van der Waals surface area contributed by atoms with Crippen molar-refractivity contribution in [3.63, 3.8) is 0 Å². The molecule has 0 atom stereocenters. The Morgan fingerprint density at radius 1 is 1.47 bits per heavy atom. The molecule has 1 fully saturated rings. The first-order chi connectivity index (χ1) is 7.98. The zero-order valence-corrected chi connectivity index (χ0v) is 9.88. The Morgan fingerprint density at radius 3 is 2.65 bits per heavy atom. The molecule has 17 heavy (non-hydrogen) atoms. The van der Waals surface area contributed by atoms with Gasteiger partial charge in [-0.2, -0.15) is 0 Å². The number of piperazine rings is 1. The van der Waals surface area contributed by atoms with E-state index >= 15 is 0 Å². The summed E-state index contributed by atoms with van der Waals surface area (Å²) in [6.07, 6.45) is 2.49. The molecular formula is C10H15N5O2. The average Bonchev–Trinajstić information content (AvgIpc) is 2.28. The van der Waals surface area contributed by atoms with Gasteiger partial charge in [0.1, 0.15) is 12.4 Å². The number of anilines is 1. The Hall–Kier alpha value is -1.76. The van der Waals surface area contributed by atoms with E-state index < -0.39 is 4.92 Å². The van der Waals surface area contributed by atoms with Crippen molar-refractivity contribution in [2.45, 2.75) is 19.4 Å². The molecule has 0 aliphatic carbocycles. The molecular weight excluding hydrogens is 222 g/mol. The van der Waals surface area contributed by atoms with Crippen LogP contribution in [0.15, 0.2) is 12.4 Å². The van der Waals surface area contributed by atoms with Crippen LogP contribution in [0.1, 0.15) is 13.8 Å². The van der Waals surface area contributed by atoms with E-state index in [0.717, 1.165) is 19.6 Å². The third-order valence-electron chi connectivity index (χ3n) is 2.69. The lowest BCUT2D eigenvalue weighted by Crippen LogP contribution is -2.57. The zero-order valence-electron chi connectivity index (χ0n) is 9.88. The van der Waals surface area contributed by atoms with Crippen LogP contribution in [-0.2, 0) is 0 Å². The van der Waals surface area contributed by atoms with Crippen LogP contribution in [0.5, 0.6) is 0 Å². The van der Waals surface area contributed by atoms with Gasteiger partial charge in [0.25, 0.3) is 0 Å². The minimum Gasteiger partial charge on any atom is -0.338 e. The molecule has 1 aliphatic heterocycles. The summed E-state index contributed by atoms with van der Waals surface area (Å²) >= 11 is 0. The average molecular weight is 237 g/mol. The van der Waals surface area contributed by atoms with Gasteiger partial charge in [0, 0.05) is 25.2 Å². The lowest BCUT2D eigenvalue weighted by Gasteiger charge is -2.38. The Labute approximate surface area is 99.0 Å². The van der Waals surface area contributed by atoms with Gasteiger partial charge in [-0.3, -0.25) is 10.1 Å². The molecule has 1 aromatic heterocycles. The van der Waals surface area contributed by atoms with Gasteiger partial charge < -0.3 is 10.2 Å². The maximum atomic E-state index is 10.5. The molecule has 1 aromatic rings. The first kappa shape index (κ1) is 11.7. The SMILES string of the molecule is CC1(C)CN(c2ncc([N+](=O)[O-])cn2)CCN1. The second kappa shape index (κ2) is 4.25. The van der Waals surface area contributed by atoms with Gasteiger partial charge in [-0.15, -0.1) is 0 Å². The Balaban J connectivity index is 2.14. The molecule has 0 saturated carbocycles. The fourth-order valence-electron chi connectivity index (χ4n) is 1.88. The quantitative estimate of drug-likeness (QED) is 0.598. The van der Waals surface area contributed by atoms with Crippen LogP contribution < -0.4 is 10.2 Å².